The summed E-state index contributed by atoms with van der Waals surface area (Å²) in [5.74, 6) is 1.38. The predicted molar refractivity (Wildman–Crippen MR) is 85.6 cm³/mol. The van der Waals surface area contributed by atoms with Gasteiger partial charge in [-0.15, -0.1) is 0 Å². The van der Waals surface area contributed by atoms with Gasteiger partial charge in [0.15, 0.2) is 0 Å². The van der Waals surface area contributed by atoms with Gasteiger partial charge in [0.05, 0.1) is 12.3 Å². The lowest BCUT2D eigenvalue weighted by Gasteiger charge is -2.25. The van der Waals surface area contributed by atoms with Crippen molar-refractivity contribution in [3.05, 3.63) is 24.2 Å². The number of carbonyl (C=O) groups is 1. The van der Waals surface area contributed by atoms with Crippen LogP contribution in [-0.2, 0) is 4.74 Å². The Kier molecular flexibility index (Phi) is 5.51. The first-order valence-electron chi connectivity index (χ1n) is 8.11. The highest BCUT2D eigenvalue weighted by atomic mass is 16.6. The van der Waals surface area contributed by atoms with E-state index >= 15 is 0 Å². The highest BCUT2D eigenvalue weighted by Crippen LogP contribution is 2.27. The third-order valence-corrected chi connectivity index (χ3v) is 4.00. The molecule has 5 nitrogen and oxygen atoms in total. The number of hydrogen-bond acceptors (Lipinski definition) is 4. The first kappa shape index (κ1) is 16.9. The summed E-state index contributed by atoms with van der Waals surface area (Å²) in [6.45, 7) is 8.37. The molecular formula is C17H28N2O3. The molecule has 0 aliphatic heterocycles. The highest BCUT2D eigenvalue weighted by molar-refractivity contribution is 5.67. The van der Waals surface area contributed by atoms with E-state index in [1.165, 1.54) is 6.42 Å². The second kappa shape index (κ2) is 7.18. The fourth-order valence-electron chi connectivity index (χ4n) is 2.97. The van der Waals surface area contributed by atoms with E-state index in [0.717, 1.165) is 18.6 Å². The molecule has 22 heavy (non-hydrogen) atoms. The quantitative estimate of drug-likeness (QED) is 0.872. The van der Waals surface area contributed by atoms with E-state index in [9.17, 15) is 4.79 Å². The van der Waals surface area contributed by atoms with Gasteiger partial charge in [-0.2, -0.15) is 0 Å². The molecule has 1 saturated carbocycles. The standard InChI is InChI=1S/C17H28N2O3/c1-12(15-9-6-10-21-15)19-14-8-5-7-13(14)11-18-16(20)22-17(2,3)4/h6,9-10,12-14,19H,5,7-8,11H2,1-4H3,(H,18,20). The molecule has 3 atom stereocenters. The lowest BCUT2D eigenvalue weighted by atomic mass is 10.0. The molecule has 1 aromatic heterocycles. The van der Waals surface area contributed by atoms with Crippen LogP contribution in [0.4, 0.5) is 4.79 Å². The second-order valence-corrected chi connectivity index (χ2v) is 7.08. The van der Waals surface area contributed by atoms with E-state index in [2.05, 4.69) is 17.6 Å². The van der Waals surface area contributed by atoms with Gasteiger partial charge < -0.3 is 19.8 Å². The lowest BCUT2D eigenvalue weighted by molar-refractivity contribution is 0.0517. The van der Waals surface area contributed by atoms with Crippen LogP contribution < -0.4 is 10.6 Å². The molecule has 1 heterocycles. The summed E-state index contributed by atoms with van der Waals surface area (Å²) in [6, 6.07) is 4.47. The van der Waals surface area contributed by atoms with Crippen molar-refractivity contribution in [2.75, 3.05) is 6.54 Å². The zero-order chi connectivity index (χ0) is 16.2. The number of nitrogens with one attached hydrogen (secondary N) is 2. The Morgan fingerprint density at radius 2 is 2.23 bits per heavy atom. The Morgan fingerprint density at radius 3 is 2.86 bits per heavy atom. The zero-order valence-electron chi connectivity index (χ0n) is 14.0. The van der Waals surface area contributed by atoms with E-state index in [1.807, 2.05) is 32.9 Å². The molecule has 0 radical (unpaired) electrons. The predicted octanol–water partition coefficient (Wildman–Crippen LogP) is 3.62. The maximum Gasteiger partial charge on any atom is 0.407 e. The van der Waals surface area contributed by atoms with Crippen LogP contribution in [0.3, 0.4) is 0 Å². The van der Waals surface area contributed by atoms with Crippen molar-refractivity contribution in [1.82, 2.24) is 10.6 Å². The van der Waals surface area contributed by atoms with Crippen LogP contribution in [0.15, 0.2) is 22.8 Å². The van der Waals surface area contributed by atoms with Gasteiger partial charge in [-0.3, -0.25) is 0 Å². The molecule has 124 valence electrons. The van der Waals surface area contributed by atoms with Crippen LogP contribution in [0.5, 0.6) is 0 Å². The average Bonchev–Trinajstić information content (AvgIpc) is 3.05. The van der Waals surface area contributed by atoms with Crippen molar-refractivity contribution in [3.8, 4) is 0 Å². The minimum atomic E-state index is -0.453. The molecule has 3 unspecified atom stereocenters. The van der Waals surface area contributed by atoms with Crippen molar-refractivity contribution < 1.29 is 13.9 Å². The summed E-state index contributed by atoms with van der Waals surface area (Å²) in [5, 5.41) is 6.51. The normalized spacial score (nSPS) is 23.3. The van der Waals surface area contributed by atoms with Gasteiger partial charge >= 0.3 is 6.09 Å². The van der Waals surface area contributed by atoms with Crippen LogP contribution in [0.25, 0.3) is 0 Å². The number of amides is 1. The van der Waals surface area contributed by atoms with E-state index in [-0.39, 0.29) is 12.1 Å². The minimum absolute atomic E-state index is 0.183. The van der Waals surface area contributed by atoms with Crippen molar-refractivity contribution >= 4 is 6.09 Å². The van der Waals surface area contributed by atoms with Gasteiger partial charge in [-0.1, -0.05) is 6.42 Å². The third-order valence-electron chi connectivity index (χ3n) is 4.00. The Labute approximate surface area is 132 Å². The summed E-state index contributed by atoms with van der Waals surface area (Å²) in [6.07, 6.45) is 4.80. The topological polar surface area (TPSA) is 63.5 Å². The minimum Gasteiger partial charge on any atom is -0.468 e. The highest BCUT2D eigenvalue weighted by Gasteiger charge is 2.29. The number of alkyl carbamates (subject to hydrolysis) is 1. The zero-order valence-corrected chi connectivity index (χ0v) is 14.0. The molecule has 2 rings (SSSR count). The molecule has 1 aromatic rings. The molecule has 0 aromatic carbocycles. The average molecular weight is 308 g/mol. The first-order chi connectivity index (χ1) is 10.3. The van der Waals surface area contributed by atoms with Crippen molar-refractivity contribution in [3.63, 3.8) is 0 Å². The van der Waals surface area contributed by atoms with Crippen LogP contribution in [0.2, 0.25) is 0 Å². The van der Waals surface area contributed by atoms with Crippen LogP contribution in [0.1, 0.15) is 58.8 Å². The Bertz CT molecular complexity index is 465. The van der Waals surface area contributed by atoms with Crippen molar-refractivity contribution in [2.45, 2.75) is 64.6 Å². The van der Waals surface area contributed by atoms with E-state index in [0.29, 0.717) is 18.5 Å². The van der Waals surface area contributed by atoms with Gasteiger partial charge in [0.1, 0.15) is 11.4 Å². The molecule has 1 fully saturated rings. The Morgan fingerprint density at radius 1 is 1.45 bits per heavy atom. The van der Waals surface area contributed by atoms with Gasteiger partial charge in [-0.25, -0.2) is 4.79 Å². The van der Waals surface area contributed by atoms with Crippen molar-refractivity contribution in [2.24, 2.45) is 5.92 Å². The molecule has 0 spiro atoms. The van der Waals surface area contributed by atoms with Gasteiger partial charge in [0.2, 0.25) is 0 Å². The van der Waals surface area contributed by atoms with Crippen LogP contribution in [-0.4, -0.2) is 24.3 Å². The second-order valence-electron chi connectivity index (χ2n) is 7.08. The molecular weight excluding hydrogens is 280 g/mol. The lowest BCUT2D eigenvalue weighted by Crippen LogP contribution is -2.41. The Hall–Kier alpha value is -1.49. The van der Waals surface area contributed by atoms with Gasteiger partial charge in [-0.05, 0) is 58.6 Å². The van der Waals surface area contributed by atoms with Gasteiger partial charge in [0.25, 0.3) is 0 Å². The monoisotopic (exact) mass is 308 g/mol. The molecule has 0 bridgehead atoms. The smallest absolute Gasteiger partial charge is 0.407 e. The summed E-state index contributed by atoms with van der Waals surface area (Å²) in [4.78, 5) is 11.8. The molecule has 1 aliphatic carbocycles. The summed E-state index contributed by atoms with van der Waals surface area (Å²) in [7, 11) is 0. The molecule has 2 N–H and O–H groups in total. The van der Waals surface area contributed by atoms with E-state index in [1.54, 1.807) is 6.26 Å². The number of hydrogen-bond donors (Lipinski definition) is 2. The van der Waals surface area contributed by atoms with Crippen molar-refractivity contribution in [1.29, 1.82) is 0 Å². The largest absolute Gasteiger partial charge is 0.468 e. The van der Waals surface area contributed by atoms with E-state index in [4.69, 9.17) is 9.15 Å². The first-order valence-corrected chi connectivity index (χ1v) is 8.11. The molecule has 1 aliphatic rings. The molecule has 0 saturated heterocycles. The molecule has 1 amide bonds. The van der Waals surface area contributed by atoms with E-state index < -0.39 is 5.60 Å². The number of furan rings is 1. The summed E-state index contributed by atoms with van der Waals surface area (Å²) >= 11 is 0. The van der Waals surface area contributed by atoms with Crippen LogP contribution in [0, 0.1) is 5.92 Å². The van der Waals surface area contributed by atoms with Gasteiger partial charge in [0, 0.05) is 12.6 Å². The Balaban J connectivity index is 1.79. The third kappa shape index (κ3) is 5.05. The number of carbonyl (C=O) groups excluding carboxylic acids is 1. The maximum atomic E-state index is 11.8. The summed E-state index contributed by atoms with van der Waals surface area (Å²) < 4.78 is 10.7. The summed E-state index contributed by atoms with van der Waals surface area (Å²) in [5.41, 5.74) is -0.453. The van der Waals surface area contributed by atoms with Crippen LogP contribution >= 0.6 is 0 Å². The SMILES string of the molecule is CC(NC1CCCC1CNC(=O)OC(C)(C)C)c1ccco1. The fraction of sp³-hybridized carbons (Fsp3) is 0.706. The fourth-order valence-corrected chi connectivity index (χ4v) is 2.97. The molecule has 5 heteroatoms. The number of ether oxygens (including phenoxy) is 1. The number of rotatable bonds is 5. The maximum absolute atomic E-state index is 11.8.